The first-order valence-electron chi connectivity index (χ1n) is 8.86. The van der Waals surface area contributed by atoms with Gasteiger partial charge in [-0.25, -0.2) is 4.98 Å². The van der Waals surface area contributed by atoms with Crippen LogP contribution in [0, 0.1) is 6.92 Å². The highest BCUT2D eigenvalue weighted by Crippen LogP contribution is 2.47. The number of hydrogen-bond acceptors (Lipinski definition) is 7. The molecular formula is C19H18N4O4. The smallest absolute Gasteiger partial charge is 0.289 e. The normalized spacial score (nSPS) is 19.4. The molecule has 0 spiro atoms. The van der Waals surface area contributed by atoms with E-state index in [1.54, 1.807) is 6.92 Å². The van der Waals surface area contributed by atoms with E-state index in [9.17, 15) is 4.79 Å². The quantitative estimate of drug-likeness (QED) is 0.757. The van der Waals surface area contributed by atoms with Gasteiger partial charge in [-0.05, 0) is 18.9 Å². The topological polar surface area (TPSA) is 103 Å². The standard InChI is InChI=1S/C19H18N4O4/c1-10-20-8-15(26-10)17(24)21-13-9-25-14-7-11(3-4-12(13)14)16-22-18(27-23-16)19(2)5-6-19/h3-4,7-8,13H,5-6,9H2,1-2H3,(H,21,24). The average Bonchev–Trinajstić information content (AvgIpc) is 3.07. The zero-order chi connectivity index (χ0) is 18.6. The summed E-state index contributed by atoms with van der Waals surface area (Å²) < 4.78 is 16.4. The summed E-state index contributed by atoms with van der Waals surface area (Å²) in [5, 5.41) is 7.01. The number of amides is 1. The number of carbonyl (C=O) groups is 1. The van der Waals surface area contributed by atoms with Crippen LogP contribution in [0.1, 0.15) is 53.7 Å². The maximum Gasteiger partial charge on any atom is 0.289 e. The number of nitrogens with one attached hydrogen (secondary N) is 1. The van der Waals surface area contributed by atoms with Crippen LogP contribution in [0.5, 0.6) is 5.75 Å². The lowest BCUT2D eigenvalue weighted by molar-refractivity contribution is 0.0901. The second kappa shape index (κ2) is 5.67. The molecule has 1 amide bonds. The Morgan fingerprint density at radius 2 is 2.19 bits per heavy atom. The fraction of sp³-hybridized carbons (Fsp3) is 0.368. The second-order valence-electron chi connectivity index (χ2n) is 7.32. The zero-order valence-electron chi connectivity index (χ0n) is 15.0. The predicted molar refractivity (Wildman–Crippen MR) is 93.3 cm³/mol. The summed E-state index contributed by atoms with van der Waals surface area (Å²) in [6, 6.07) is 5.46. The number of oxazole rings is 1. The number of aromatic nitrogens is 3. The summed E-state index contributed by atoms with van der Waals surface area (Å²) in [5.74, 6) is 2.26. The third-order valence-corrected chi connectivity index (χ3v) is 5.15. The Bertz CT molecular complexity index is 1030. The molecule has 0 radical (unpaired) electrons. The molecule has 1 aliphatic heterocycles. The molecule has 1 saturated carbocycles. The highest BCUT2D eigenvalue weighted by molar-refractivity contribution is 5.91. The maximum absolute atomic E-state index is 12.3. The van der Waals surface area contributed by atoms with E-state index in [-0.39, 0.29) is 23.1 Å². The van der Waals surface area contributed by atoms with Gasteiger partial charge in [-0.15, -0.1) is 0 Å². The number of ether oxygens (including phenoxy) is 1. The van der Waals surface area contributed by atoms with Crippen LogP contribution in [0.25, 0.3) is 11.4 Å². The molecule has 27 heavy (non-hydrogen) atoms. The molecule has 3 heterocycles. The number of carbonyl (C=O) groups excluding carboxylic acids is 1. The van der Waals surface area contributed by atoms with Gasteiger partial charge in [0.05, 0.1) is 12.2 Å². The fourth-order valence-electron chi connectivity index (χ4n) is 3.15. The Morgan fingerprint density at radius 1 is 1.33 bits per heavy atom. The Kier molecular flexibility index (Phi) is 3.37. The summed E-state index contributed by atoms with van der Waals surface area (Å²) in [5.41, 5.74) is 1.76. The number of aryl methyl sites for hydroxylation is 1. The van der Waals surface area contributed by atoms with E-state index >= 15 is 0 Å². The maximum atomic E-state index is 12.3. The molecule has 1 atom stereocenters. The van der Waals surface area contributed by atoms with Gasteiger partial charge in [0.1, 0.15) is 12.4 Å². The van der Waals surface area contributed by atoms with Crippen LogP contribution in [0.2, 0.25) is 0 Å². The molecule has 1 N–H and O–H groups in total. The number of rotatable bonds is 4. The van der Waals surface area contributed by atoms with Crippen molar-refractivity contribution < 1.29 is 18.5 Å². The molecule has 3 aromatic rings. The van der Waals surface area contributed by atoms with Crippen molar-refractivity contribution in [3.8, 4) is 17.1 Å². The minimum absolute atomic E-state index is 0.0346. The molecule has 1 aromatic carbocycles. The highest BCUT2D eigenvalue weighted by Gasteiger charge is 2.44. The van der Waals surface area contributed by atoms with Crippen molar-refractivity contribution >= 4 is 5.91 Å². The minimum atomic E-state index is -0.318. The molecule has 0 saturated heterocycles. The largest absolute Gasteiger partial charge is 0.491 e. The molecule has 1 unspecified atom stereocenters. The van der Waals surface area contributed by atoms with E-state index in [2.05, 4.69) is 27.4 Å². The summed E-state index contributed by atoms with van der Waals surface area (Å²) in [6.07, 6.45) is 3.57. The first kappa shape index (κ1) is 16.0. The van der Waals surface area contributed by atoms with Crippen LogP contribution in [0.4, 0.5) is 0 Å². The van der Waals surface area contributed by atoms with Gasteiger partial charge in [0.15, 0.2) is 5.89 Å². The molecule has 5 rings (SSSR count). The number of hydrogen-bond donors (Lipinski definition) is 1. The number of benzene rings is 1. The SMILES string of the molecule is Cc1ncc(C(=O)NC2COc3cc(-c4noc(C5(C)CC5)n4)ccc32)o1. The van der Waals surface area contributed by atoms with Crippen LogP contribution < -0.4 is 10.1 Å². The molecule has 8 nitrogen and oxygen atoms in total. The Hall–Kier alpha value is -3.16. The third kappa shape index (κ3) is 2.77. The molecule has 2 aromatic heterocycles. The molecular weight excluding hydrogens is 348 g/mol. The van der Waals surface area contributed by atoms with Crippen molar-refractivity contribution in [3.05, 3.63) is 47.5 Å². The van der Waals surface area contributed by atoms with Gasteiger partial charge < -0.3 is 19.0 Å². The van der Waals surface area contributed by atoms with Gasteiger partial charge in [0.2, 0.25) is 17.5 Å². The van der Waals surface area contributed by atoms with E-state index < -0.39 is 0 Å². The van der Waals surface area contributed by atoms with E-state index in [0.717, 1.165) is 24.0 Å². The van der Waals surface area contributed by atoms with Gasteiger partial charge >= 0.3 is 0 Å². The second-order valence-corrected chi connectivity index (χ2v) is 7.32. The fourth-order valence-corrected chi connectivity index (χ4v) is 3.15. The molecule has 2 aliphatic rings. The molecule has 1 fully saturated rings. The van der Waals surface area contributed by atoms with Crippen molar-refractivity contribution in [2.24, 2.45) is 0 Å². The summed E-state index contributed by atoms with van der Waals surface area (Å²) in [4.78, 5) is 20.8. The van der Waals surface area contributed by atoms with Gasteiger partial charge in [-0.3, -0.25) is 4.79 Å². The van der Waals surface area contributed by atoms with Crippen LogP contribution in [-0.4, -0.2) is 27.6 Å². The monoisotopic (exact) mass is 366 g/mol. The highest BCUT2D eigenvalue weighted by atomic mass is 16.5. The van der Waals surface area contributed by atoms with Gasteiger partial charge in [0, 0.05) is 23.5 Å². The lowest BCUT2D eigenvalue weighted by Gasteiger charge is -2.10. The Balaban J connectivity index is 1.35. The molecule has 1 aliphatic carbocycles. The molecule has 138 valence electrons. The first-order valence-corrected chi connectivity index (χ1v) is 8.86. The van der Waals surface area contributed by atoms with Crippen LogP contribution in [-0.2, 0) is 5.41 Å². The van der Waals surface area contributed by atoms with Gasteiger partial charge in [-0.1, -0.05) is 24.2 Å². The van der Waals surface area contributed by atoms with E-state index in [4.69, 9.17) is 13.7 Å². The lowest BCUT2D eigenvalue weighted by Crippen LogP contribution is -2.29. The number of fused-ring (bicyclic) bond motifs is 1. The van der Waals surface area contributed by atoms with Crippen LogP contribution >= 0.6 is 0 Å². The van der Waals surface area contributed by atoms with Crippen LogP contribution in [0.3, 0.4) is 0 Å². The van der Waals surface area contributed by atoms with Gasteiger partial charge in [-0.2, -0.15) is 4.98 Å². The van der Waals surface area contributed by atoms with Crippen molar-refractivity contribution in [3.63, 3.8) is 0 Å². The summed E-state index contributed by atoms with van der Waals surface area (Å²) >= 11 is 0. The van der Waals surface area contributed by atoms with Crippen molar-refractivity contribution in [1.29, 1.82) is 0 Å². The predicted octanol–water partition coefficient (Wildman–Crippen LogP) is 2.95. The van der Waals surface area contributed by atoms with E-state index in [1.165, 1.54) is 6.20 Å². The van der Waals surface area contributed by atoms with Gasteiger partial charge in [0.25, 0.3) is 5.91 Å². The summed E-state index contributed by atoms with van der Waals surface area (Å²) in [6.45, 7) is 4.17. The molecule has 8 heteroatoms. The minimum Gasteiger partial charge on any atom is -0.491 e. The van der Waals surface area contributed by atoms with Crippen molar-refractivity contribution in [2.75, 3.05) is 6.61 Å². The number of nitrogens with zero attached hydrogens (tertiary/aromatic N) is 3. The Morgan fingerprint density at radius 3 is 2.93 bits per heavy atom. The average molecular weight is 366 g/mol. The van der Waals surface area contributed by atoms with E-state index in [1.807, 2.05) is 18.2 Å². The zero-order valence-corrected chi connectivity index (χ0v) is 15.0. The molecule has 0 bridgehead atoms. The summed E-state index contributed by atoms with van der Waals surface area (Å²) in [7, 11) is 0. The van der Waals surface area contributed by atoms with Crippen molar-refractivity contribution in [1.82, 2.24) is 20.4 Å². The third-order valence-electron chi connectivity index (χ3n) is 5.15. The van der Waals surface area contributed by atoms with Crippen molar-refractivity contribution in [2.45, 2.75) is 38.1 Å². The van der Waals surface area contributed by atoms with Crippen LogP contribution in [0.15, 0.2) is 33.3 Å². The first-order chi connectivity index (χ1) is 13.0. The van der Waals surface area contributed by atoms with E-state index in [0.29, 0.717) is 30.0 Å². The lowest BCUT2D eigenvalue weighted by atomic mass is 10.1. The Labute approximate surface area is 154 Å².